The number of likely N-dealkylation sites (tertiary alicyclic amines) is 1. The first kappa shape index (κ1) is 18.3. The summed E-state index contributed by atoms with van der Waals surface area (Å²) < 4.78 is 5.32. The Morgan fingerprint density at radius 1 is 1.33 bits per heavy atom. The molecule has 1 heterocycles. The quantitative estimate of drug-likeness (QED) is 0.876. The second-order valence-electron chi connectivity index (χ2n) is 5.81. The largest absolute Gasteiger partial charge is 0.497 e. The van der Waals surface area contributed by atoms with Gasteiger partial charge in [0.1, 0.15) is 5.75 Å². The standard InChI is InChI=1S/C17H28N2O.ClH/c1-3-15-11-17(20-2)7-6-16(15)13-19-10-4-5-14(12-19)8-9-18;/h6-7,11,14H,3-5,8-10,12-13,18H2,1-2H3;1H. The maximum Gasteiger partial charge on any atom is 0.119 e. The number of hydrogen-bond donors (Lipinski definition) is 1. The number of ether oxygens (including phenoxy) is 1. The van der Waals surface area contributed by atoms with Crippen molar-refractivity contribution in [3.8, 4) is 5.75 Å². The van der Waals surface area contributed by atoms with Crippen LogP contribution in [0.4, 0.5) is 0 Å². The highest BCUT2D eigenvalue weighted by molar-refractivity contribution is 5.85. The number of rotatable bonds is 6. The molecule has 0 radical (unpaired) electrons. The SMILES string of the molecule is CCc1cc(OC)ccc1CN1CCCC(CCN)C1.Cl. The van der Waals surface area contributed by atoms with Gasteiger partial charge < -0.3 is 10.5 Å². The van der Waals surface area contributed by atoms with E-state index in [-0.39, 0.29) is 12.4 Å². The lowest BCUT2D eigenvalue weighted by Gasteiger charge is -2.33. The van der Waals surface area contributed by atoms with Crippen molar-refractivity contribution < 1.29 is 4.74 Å². The fraction of sp³-hybridized carbons (Fsp3) is 0.647. The molecule has 4 heteroatoms. The molecule has 0 aromatic heterocycles. The molecule has 1 unspecified atom stereocenters. The van der Waals surface area contributed by atoms with Gasteiger partial charge in [-0.2, -0.15) is 0 Å². The van der Waals surface area contributed by atoms with Gasteiger partial charge in [0.05, 0.1) is 7.11 Å². The molecule has 1 fully saturated rings. The molecule has 1 aliphatic heterocycles. The number of hydrogen-bond acceptors (Lipinski definition) is 3. The van der Waals surface area contributed by atoms with Crippen LogP contribution in [0.5, 0.6) is 5.75 Å². The van der Waals surface area contributed by atoms with Crippen molar-refractivity contribution in [1.29, 1.82) is 0 Å². The zero-order valence-corrected chi connectivity index (χ0v) is 14.1. The van der Waals surface area contributed by atoms with Crippen molar-refractivity contribution in [2.45, 2.75) is 39.2 Å². The summed E-state index contributed by atoms with van der Waals surface area (Å²) in [5.74, 6) is 1.75. The topological polar surface area (TPSA) is 38.5 Å². The van der Waals surface area contributed by atoms with Gasteiger partial charge in [-0.1, -0.05) is 13.0 Å². The molecule has 21 heavy (non-hydrogen) atoms. The minimum atomic E-state index is 0. The Morgan fingerprint density at radius 2 is 2.14 bits per heavy atom. The third-order valence-corrected chi connectivity index (χ3v) is 4.37. The summed E-state index contributed by atoms with van der Waals surface area (Å²) in [5, 5.41) is 0. The lowest BCUT2D eigenvalue weighted by atomic mass is 9.94. The van der Waals surface area contributed by atoms with Crippen LogP contribution < -0.4 is 10.5 Å². The Kier molecular flexibility index (Phi) is 8.09. The smallest absolute Gasteiger partial charge is 0.119 e. The summed E-state index contributed by atoms with van der Waals surface area (Å²) >= 11 is 0. The fourth-order valence-electron chi connectivity index (χ4n) is 3.22. The van der Waals surface area contributed by atoms with Crippen LogP contribution in [0.25, 0.3) is 0 Å². The van der Waals surface area contributed by atoms with Crippen molar-refractivity contribution >= 4 is 12.4 Å². The van der Waals surface area contributed by atoms with E-state index in [0.717, 1.165) is 31.2 Å². The lowest BCUT2D eigenvalue weighted by molar-refractivity contribution is 0.162. The number of methoxy groups -OCH3 is 1. The first-order chi connectivity index (χ1) is 9.76. The van der Waals surface area contributed by atoms with E-state index in [1.165, 1.54) is 43.5 Å². The van der Waals surface area contributed by atoms with Gasteiger partial charge in [0.25, 0.3) is 0 Å². The maximum absolute atomic E-state index is 5.70. The summed E-state index contributed by atoms with van der Waals surface area (Å²) in [6.07, 6.45) is 4.88. The number of piperidine rings is 1. The van der Waals surface area contributed by atoms with Crippen LogP contribution in [0.2, 0.25) is 0 Å². The molecular weight excluding hydrogens is 284 g/mol. The van der Waals surface area contributed by atoms with Gasteiger partial charge in [-0.05, 0) is 68.0 Å². The monoisotopic (exact) mass is 312 g/mol. The van der Waals surface area contributed by atoms with Crippen LogP contribution in [0, 0.1) is 5.92 Å². The Morgan fingerprint density at radius 3 is 2.81 bits per heavy atom. The number of nitrogens with zero attached hydrogens (tertiary/aromatic N) is 1. The van der Waals surface area contributed by atoms with Crippen molar-refractivity contribution in [1.82, 2.24) is 4.90 Å². The Hall–Kier alpha value is -0.770. The second-order valence-corrected chi connectivity index (χ2v) is 5.81. The van der Waals surface area contributed by atoms with E-state index in [9.17, 15) is 0 Å². The van der Waals surface area contributed by atoms with Gasteiger partial charge >= 0.3 is 0 Å². The van der Waals surface area contributed by atoms with E-state index in [1.807, 2.05) is 0 Å². The van der Waals surface area contributed by atoms with Crippen molar-refractivity contribution in [3.63, 3.8) is 0 Å². The summed E-state index contributed by atoms with van der Waals surface area (Å²) in [4.78, 5) is 2.59. The van der Waals surface area contributed by atoms with Crippen molar-refractivity contribution in [3.05, 3.63) is 29.3 Å². The maximum atomic E-state index is 5.70. The molecule has 0 aliphatic carbocycles. The average molecular weight is 313 g/mol. The molecule has 1 aliphatic rings. The van der Waals surface area contributed by atoms with Gasteiger partial charge in [0.2, 0.25) is 0 Å². The molecule has 2 N–H and O–H groups in total. The highest BCUT2D eigenvalue weighted by Gasteiger charge is 2.19. The normalized spacial score (nSPS) is 19.1. The third kappa shape index (κ3) is 5.17. The summed E-state index contributed by atoms with van der Waals surface area (Å²) in [7, 11) is 1.73. The summed E-state index contributed by atoms with van der Waals surface area (Å²) in [5.41, 5.74) is 8.56. The molecule has 1 aromatic rings. The first-order valence-electron chi connectivity index (χ1n) is 7.85. The number of halogens is 1. The zero-order chi connectivity index (χ0) is 14.4. The van der Waals surface area contributed by atoms with Crippen LogP contribution in [0.1, 0.15) is 37.3 Å². The van der Waals surface area contributed by atoms with Crippen LogP contribution in [0.3, 0.4) is 0 Å². The molecule has 0 saturated carbocycles. The molecule has 0 spiro atoms. The molecule has 120 valence electrons. The van der Waals surface area contributed by atoms with E-state index >= 15 is 0 Å². The Bertz CT molecular complexity index is 423. The molecule has 1 saturated heterocycles. The van der Waals surface area contributed by atoms with Crippen molar-refractivity contribution in [2.24, 2.45) is 11.7 Å². The minimum absolute atomic E-state index is 0. The number of nitrogens with two attached hydrogens (primary N) is 1. The van der Waals surface area contributed by atoms with E-state index in [2.05, 4.69) is 30.0 Å². The van der Waals surface area contributed by atoms with E-state index in [4.69, 9.17) is 10.5 Å². The first-order valence-corrected chi connectivity index (χ1v) is 7.85. The van der Waals surface area contributed by atoms with Crippen LogP contribution in [0.15, 0.2) is 18.2 Å². The highest BCUT2D eigenvalue weighted by atomic mass is 35.5. The number of aryl methyl sites for hydroxylation is 1. The van der Waals surface area contributed by atoms with Crippen LogP contribution in [-0.4, -0.2) is 31.6 Å². The predicted octanol–water partition coefficient (Wildman–Crippen LogP) is 3.24. The third-order valence-electron chi connectivity index (χ3n) is 4.37. The zero-order valence-electron chi connectivity index (χ0n) is 13.3. The van der Waals surface area contributed by atoms with E-state index < -0.39 is 0 Å². The molecular formula is C17H29ClN2O. The molecule has 0 bridgehead atoms. The molecule has 3 nitrogen and oxygen atoms in total. The second kappa shape index (κ2) is 9.29. The average Bonchev–Trinajstić information content (AvgIpc) is 2.48. The van der Waals surface area contributed by atoms with Gasteiger partial charge in [0, 0.05) is 13.1 Å². The molecule has 2 rings (SSSR count). The molecule has 0 amide bonds. The molecule has 1 atom stereocenters. The van der Waals surface area contributed by atoms with Gasteiger partial charge in [-0.25, -0.2) is 0 Å². The van der Waals surface area contributed by atoms with Gasteiger partial charge in [0.15, 0.2) is 0 Å². The summed E-state index contributed by atoms with van der Waals surface area (Å²) in [6, 6.07) is 6.48. The fourth-order valence-corrected chi connectivity index (χ4v) is 3.22. The van der Waals surface area contributed by atoms with Crippen molar-refractivity contribution in [2.75, 3.05) is 26.7 Å². The van der Waals surface area contributed by atoms with Crippen LogP contribution >= 0.6 is 12.4 Å². The Balaban J connectivity index is 0.00000220. The van der Waals surface area contributed by atoms with E-state index in [1.54, 1.807) is 7.11 Å². The van der Waals surface area contributed by atoms with Gasteiger partial charge in [-0.3, -0.25) is 4.90 Å². The minimum Gasteiger partial charge on any atom is -0.497 e. The van der Waals surface area contributed by atoms with E-state index in [0.29, 0.717) is 0 Å². The summed E-state index contributed by atoms with van der Waals surface area (Å²) in [6.45, 7) is 6.52. The van der Waals surface area contributed by atoms with Crippen LogP contribution in [-0.2, 0) is 13.0 Å². The molecule has 1 aromatic carbocycles. The number of benzene rings is 1. The van der Waals surface area contributed by atoms with Gasteiger partial charge in [-0.15, -0.1) is 12.4 Å². The predicted molar refractivity (Wildman–Crippen MR) is 91.3 cm³/mol. The Labute approximate surface area is 135 Å². The lowest BCUT2D eigenvalue weighted by Crippen LogP contribution is -2.35. The highest BCUT2D eigenvalue weighted by Crippen LogP contribution is 2.24.